The quantitative estimate of drug-likeness (QED) is 0.0279. The SMILES string of the molecule is C=CC(=O)OCCCCCCCCCCCCOC(=O)c1ccc(-c2cc3ccc(OCCCCCCCCCCCCOC(=O)C=C)cc3o2)cc1. The van der Waals surface area contributed by atoms with Crippen molar-refractivity contribution in [3.63, 3.8) is 0 Å². The summed E-state index contributed by atoms with van der Waals surface area (Å²) in [7, 11) is 0. The summed E-state index contributed by atoms with van der Waals surface area (Å²) in [5.74, 6) is 0.581. The van der Waals surface area contributed by atoms with Crippen LogP contribution in [0.15, 0.2) is 78.3 Å². The minimum absolute atomic E-state index is 0.295. The molecule has 0 unspecified atom stereocenters. The molecule has 0 atom stereocenters. The number of carbonyl (C=O) groups excluding carboxylic acids is 3. The van der Waals surface area contributed by atoms with Gasteiger partial charge in [-0.2, -0.15) is 0 Å². The van der Waals surface area contributed by atoms with E-state index in [2.05, 4.69) is 13.2 Å². The van der Waals surface area contributed by atoms with Crippen molar-refractivity contribution in [1.29, 1.82) is 0 Å². The fraction of sp³-hybridized carbons (Fsp3) is 0.533. The van der Waals surface area contributed by atoms with Gasteiger partial charge in [0, 0.05) is 29.2 Å². The molecule has 0 N–H and O–H groups in total. The van der Waals surface area contributed by atoms with Gasteiger partial charge in [0.15, 0.2) is 0 Å². The Hall–Kier alpha value is -4.33. The van der Waals surface area contributed by atoms with Crippen molar-refractivity contribution in [1.82, 2.24) is 0 Å². The van der Waals surface area contributed by atoms with E-state index >= 15 is 0 Å². The van der Waals surface area contributed by atoms with Crippen LogP contribution in [-0.2, 0) is 23.8 Å². The van der Waals surface area contributed by atoms with Crippen LogP contribution in [0.25, 0.3) is 22.3 Å². The van der Waals surface area contributed by atoms with Crippen LogP contribution in [0, 0.1) is 0 Å². The molecule has 8 heteroatoms. The van der Waals surface area contributed by atoms with Crippen LogP contribution in [-0.4, -0.2) is 44.3 Å². The van der Waals surface area contributed by atoms with Crippen molar-refractivity contribution in [2.24, 2.45) is 0 Å². The molecule has 0 amide bonds. The zero-order valence-electron chi connectivity index (χ0n) is 31.9. The van der Waals surface area contributed by atoms with Crippen LogP contribution < -0.4 is 4.74 Å². The largest absolute Gasteiger partial charge is 0.493 e. The molecule has 0 aliphatic carbocycles. The summed E-state index contributed by atoms with van der Waals surface area (Å²) in [6.45, 7) is 8.89. The lowest BCUT2D eigenvalue weighted by atomic mass is 10.1. The monoisotopic (exact) mass is 730 g/mol. The molecule has 0 spiro atoms. The van der Waals surface area contributed by atoms with Gasteiger partial charge in [-0.1, -0.05) is 128 Å². The van der Waals surface area contributed by atoms with E-state index < -0.39 is 0 Å². The number of carbonyl (C=O) groups is 3. The first-order chi connectivity index (χ1) is 26.0. The maximum Gasteiger partial charge on any atom is 0.338 e. The summed E-state index contributed by atoms with van der Waals surface area (Å²) in [4.78, 5) is 34.6. The topological polar surface area (TPSA) is 101 Å². The Kier molecular flexibility index (Phi) is 22.2. The first-order valence-corrected chi connectivity index (χ1v) is 20.0. The van der Waals surface area contributed by atoms with Crippen LogP contribution in [0.4, 0.5) is 0 Å². The van der Waals surface area contributed by atoms with Crippen molar-refractivity contribution in [2.75, 3.05) is 26.4 Å². The fourth-order valence-corrected chi connectivity index (χ4v) is 6.15. The van der Waals surface area contributed by atoms with Gasteiger partial charge in [0.2, 0.25) is 0 Å². The molecule has 53 heavy (non-hydrogen) atoms. The predicted molar refractivity (Wildman–Crippen MR) is 212 cm³/mol. The number of benzene rings is 2. The summed E-state index contributed by atoms with van der Waals surface area (Å²) in [5.41, 5.74) is 2.22. The molecule has 3 aromatic rings. The Bertz CT molecular complexity index is 1490. The third-order valence-electron chi connectivity index (χ3n) is 9.30. The number of hydrogen-bond acceptors (Lipinski definition) is 8. The van der Waals surface area contributed by atoms with Gasteiger partial charge in [-0.15, -0.1) is 0 Å². The summed E-state index contributed by atoms with van der Waals surface area (Å²) in [5, 5.41) is 1.01. The van der Waals surface area contributed by atoms with Gasteiger partial charge >= 0.3 is 17.9 Å². The van der Waals surface area contributed by atoms with E-state index in [0.29, 0.717) is 32.0 Å². The molecule has 2 aromatic carbocycles. The van der Waals surface area contributed by atoms with E-state index in [1.54, 1.807) is 12.1 Å². The van der Waals surface area contributed by atoms with Crippen molar-refractivity contribution in [2.45, 2.75) is 128 Å². The van der Waals surface area contributed by atoms with Crippen molar-refractivity contribution < 1.29 is 37.7 Å². The van der Waals surface area contributed by atoms with E-state index in [9.17, 15) is 14.4 Å². The number of ether oxygens (including phenoxy) is 4. The van der Waals surface area contributed by atoms with Gasteiger partial charge in [-0.25, -0.2) is 14.4 Å². The molecular formula is C45H62O8. The van der Waals surface area contributed by atoms with E-state index in [1.165, 1.54) is 82.8 Å². The molecule has 1 heterocycles. The molecule has 0 saturated heterocycles. The second-order valence-electron chi connectivity index (χ2n) is 13.7. The maximum absolute atomic E-state index is 12.6. The molecular weight excluding hydrogens is 668 g/mol. The van der Waals surface area contributed by atoms with Gasteiger partial charge < -0.3 is 23.4 Å². The molecule has 1 aromatic heterocycles. The molecule has 3 rings (SSSR count). The molecule has 0 radical (unpaired) electrons. The summed E-state index contributed by atoms with van der Waals surface area (Å²) >= 11 is 0. The Morgan fingerprint density at radius 2 is 0.943 bits per heavy atom. The lowest BCUT2D eigenvalue weighted by molar-refractivity contribution is -0.138. The minimum Gasteiger partial charge on any atom is -0.493 e. The predicted octanol–water partition coefficient (Wildman–Crippen LogP) is 11.9. The van der Waals surface area contributed by atoms with E-state index in [1.807, 2.05) is 36.4 Å². The number of unbranched alkanes of at least 4 members (excludes halogenated alkanes) is 18. The average molecular weight is 731 g/mol. The second-order valence-corrected chi connectivity index (χ2v) is 13.7. The van der Waals surface area contributed by atoms with E-state index in [-0.39, 0.29) is 17.9 Å². The van der Waals surface area contributed by atoms with E-state index in [4.69, 9.17) is 23.4 Å². The highest BCUT2D eigenvalue weighted by Gasteiger charge is 2.11. The second kappa shape index (κ2) is 27.3. The Labute approximate surface area is 317 Å². The van der Waals surface area contributed by atoms with Gasteiger partial charge in [0.25, 0.3) is 0 Å². The minimum atomic E-state index is -0.345. The normalized spacial score (nSPS) is 10.9. The van der Waals surface area contributed by atoms with Gasteiger partial charge in [-0.05, 0) is 56.0 Å². The van der Waals surface area contributed by atoms with Gasteiger partial charge in [-0.3, -0.25) is 0 Å². The molecule has 8 nitrogen and oxygen atoms in total. The Morgan fingerprint density at radius 3 is 1.42 bits per heavy atom. The standard InChI is InChI=1S/C45H62O8/c1-3-43(46)50-32-22-18-14-10-6-5-9-13-17-21-31-49-40-30-29-39-35-41(53-42(39)36-40)37-25-27-38(28-26-37)45(48)52-34-24-20-16-12-8-7-11-15-19-23-33-51-44(47)4-2/h3-4,25-30,35-36H,1-2,5-24,31-34H2. The zero-order valence-corrected chi connectivity index (χ0v) is 31.9. The first-order valence-electron chi connectivity index (χ1n) is 20.0. The smallest absolute Gasteiger partial charge is 0.338 e. The van der Waals surface area contributed by atoms with E-state index in [0.717, 1.165) is 85.8 Å². The van der Waals surface area contributed by atoms with Crippen LogP contribution in [0.5, 0.6) is 5.75 Å². The van der Waals surface area contributed by atoms with Gasteiger partial charge in [0.1, 0.15) is 17.1 Å². The fourth-order valence-electron chi connectivity index (χ4n) is 6.15. The highest BCUT2D eigenvalue weighted by Crippen LogP contribution is 2.30. The zero-order chi connectivity index (χ0) is 37.8. The third-order valence-corrected chi connectivity index (χ3v) is 9.30. The Balaban J connectivity index is 1.20. The van der Waals surface area contributed by atoms with Crippen LogP contribution >= 0.6 is 0 Å². The summed E-state index contributed by atoms with van der Waals surface area (Å²) < 4.78 is 27.7. The maximum atomic E-state index is 12.6. The number of hydrogen-bond donors (Lipinski definition) is 0. The van der Waals surface area contributed by atoms with Gasteiger partial charge in [0.05, 0.1) is 32.0 Å². The van der Waals surface area contributed by atoms with Crippen LogP contribution in [0.1, 0.15) is 139 Å². The molecule has 0 saturated carbocycles. The van der Waals surface area contributed by atoms with Crippen molar-refractivity contribution in [3.8, 4) is 17.1 Å². The van der Waals surface area contributed by atoms with Crippen LogP contribution in [0.2, 0.25) is 0 Å². The highest BCUT2D eigenvalue weighted by molar-refractivity contribution is 5.90. The summed E-state index contributed by atoms with van der Waals surface area (Å²) in [6, 6.07) is 15.4. The number of fused-ring (bicyclic) bond motifs is 1. The van der Waals surface area contributed by atoms with Crippen molar-refractivity contribution >= 4 is 28.9 Å². The molecule has 0 aliphatic rings. The molecule has 290 valence electrons. The average Bonchev–Trinajstić information content (AvgIpc) is 3.61. The van der Waals surface area contributed by atoms with Crippen LogP contribution in [0.3, 0.4) is 0 Å². The molecule has 0 aliphatic heterocycles. The summed E-state index contributed by atoms with van der Waals surface area (Å²) in [6.07, 6.45) is 25.2. The lowest BCUT2D eigenvalue weighted by Crippen LogP contribution is -2.06. The lowest BCUT2D eigenvalue weighted by Gasteiger charge is -2.06. The number of rotatable bonds is 31. The molecule has 0 bridgehead atoms. The van der Waals surface area contributed by atoms with Crippen molar-refractivity contribution in [3.05, 3.63) is 79.4 Å². The first kappa shape index (κ1) is 43.1. The number of esters is 3. The third kappa shape index (κ3) is 18.8. The molecule has 0 fully saturated rings. The number of furan rings is 1. The Morgan fingerprint density at radius 1 is 0.509 bits per heavy atom. The highest BCUT2D eigenvalue weighted by atomic mass is 16.5.